The van der Waals surface area contributed by atoms with Crippen LogP contribution in [0.15, 0.2) is 0 Å². The number of hydrogen-bond acceptors (Lipinski definition) is 3. The second-order valence-corrected chi connectivity index (χ2v) is 4.71. The molecule has 1 rings (SSSR count). The van der Waals surface area contributed by atoms with Crippen LogP contribution in [0.3, 0.4) is 0 Å². The molecule has 0 radical (unpaired) electrons. The van der Waals surface area contributed by atoms with Crippen molar-refractivity contribution >= 4 is 11.9 Å². The molecule has 1 saturated carbocycles. The molecule has 5 nitrogen and oxygen atoms in total. The molecule has 98 valence electrons. The van der Waals surface area contributed by atoms with Crippen molar-refractivity contribution in [2.24, 2.45) is 0 Å². The van der Waals surface area contributed by atoms with Crippen LogP contribution in [0.4, 0.5) is 0 Å². The van der Waals surface area contributed by atoms with Gasteiger partial charge in [-0.2, -0.15) is 0 Å². The molecule has 17 heavy (non-hydrogen) atoms. The van der Waals surface area contributed by atoms with Crippen LogP contribution in [0, 0.1) is 0 Å². The van der Waals surface area contributed by atoms with Gasteiger partial charge in [-0.3, -0.25) is 14.9 Å². The van der Waals surface area contributed by atoms with E-state index >= 15 is 0 Å². The van der Waals surface area contributed by atoms with E-state index < -0.39 is 17.6 Å². The van der Waals surface area contributed by atoms with E-state index in [2.05, 4.69) is 10.6 Å². The van der Waals surface area contributed by atoms with Crippen molar-refractivity contribution in [1.82, 2.24) is 10.6 Å². The van der Waals surface area contributed by atoms with Gasteiger partial charge in [-0.05, 0) is 26.7 Å². The molecule has 0 saturated heterocycles. The number of rotatable bonds is 5. The van der Waals surface area contributed by atoms with Gasteiger partial charge >= 0.3 is 5.97 Å². The van der Waals surface area contributed by atoms with Gasteiger partial charge in [-0.15, -0.1) is 0 Å². The lowest BCUT2D eigenvalue weighted by Gasteiger charge is -2.36. The maximum atomic E-state index is 11.6. The third-order valence-electron chi connectivity index (χ3n) is 3.35. The third kappa shape index (κ3) is 3.43. The van der Waals surface area contributed by atoms with Crippen molar-refractivity contribution in [2.45, 2.75) is 57.5 Å². The Morgan fingerprint density at radius 2 is 1.88 bits per heavy atom. The largest absolute Gasteiger partial charge is 0.480 e. The highest BCUT2D eigenvalue weighted by Gasteiger charge is 2.41. The van der Waals surface area contributed by atoms with Crippen LogP contribution < -0.4 is 10.6 Å². The highest BCUT2D eigenvalue weighted by molar-refractivity contribution is 5.84. The molecule has 0 spiro atoms. The number of carbonyl (C=O) groups excluding carboxylic acids is 1. The van der Waals surface area contributed by atoms with Gasteiger partial charge in [0.1, 0.15) is 5.54 Å². The third-order valence-corrected chi connectivity index (χ3v) is 3.35. The first-order valence-corrected chi connectivity index (χ1v) is 6.30. The second kappa shape index (κ2) is 6.00. The van der Waals surface area contributed by atoms with Crippen molar-refractivity contribution in [2.75, 3.05) is 6.54 Å². The van der Waals surface area contributed by atoms with E-state index in [1.807, 2.05) is 6.92 Å². The van der Waals surface area contributed by atoms with Crippen LogP contribution in [0.25, 0.3) is 0 Å². The van der Waals surface area contributed by atoms with E-state index in [1.165, 1.54) is 0 Å². The molecule has 0 bridgehead atoms. The summed E-state index contributed by atoms with van der Waals surface area (Å²) in [6, 6.07) is -0.468. The number of aliphatic carboxylic acids is 1. The minimum atomic E-state index is -0.914. The van der Waals surface area contributed by atoms with Crippen LogP contribution in [0.1, 0.15) is 46.0 Å². The summed E-state index contributed by atoms with van der Waals surface area (Å²) >= 11 is 0. The lowest BCUT2D eigenvalue weighted by atomic mass is 9.81. The summed E-state index contributed by atoms with van der Waals surface area (Å²) in [7, 11) is 0. The molecular weight excluding hydrogens is 220 g/mol. The standard InChI is InChI=1S/C12H22N2O3/c1-3-13-10(15)9(2)14-12(11(16)17)7-5-4-6-8-12/h9,14H,3-8H2,1-2H3,(H,13,15)(H,16,17). The van der Waals surface area contributed by atoms with Gasteiger partial charge in [0.05, 0.1) is 6.04 Å². The minimum absolute atomic E-state index is 0.140. The van der Waals surface area contributed by atoms with Gasteiger partial charge in [0.15, 0.2) is 0 Å². The Labute approximate surface area is 102 Å². The normalized spacial score (nSPS) is 20.6. The van der Waals surface area contributed by atoms with Gasteiger partial charge in [0, 0.05) is 6.54 Å². The van der Waals surface area contributed by atoms with Crippen molar-refractivity contribution in [1.29, 1.82) is 0 Å². The molecule has 1 atom stereocenters. The average molecular weight is 242 g/mol. The van der Waals surface area contributed by atoms with Crippen molar-refractivity contribution < 1.29 is 14.7 Å². The fourth-order valence-corrected chi connectivity index (χ4v) is 2.38. The zero-order chi connectivity index (χ0) is 12.9. The molecule has 0 aromatic rings. The smallest absolute Gasteiger partial charge is 0.323 e. The Hall–Kier alpha value is -1.10. The molecule has 1 amide bonds. The van der Waals surface area contributed by atoms with E-state index in [1.54, 1.807) is 6.92 Å². The first-order chi connectivity index (χ1) is 8.02. The van der Waals surface area contributed by atoms with Gasteiger partial charge in [0.25, 0.3) is 0 Å². The number of amides is 1. The maximum Gasteiger partial charge on any atom is 0.323 e. The van der Waals surface area contributed by atoms with Crippen molar-refractivity contribution in [3.63, 3.8) is 0 Å². The lowest BCUT2D eigenvalue weighted by Crippen LogP contribution is -2.59. The van der Waals surface area contributed by atoms with Gasteiger partial charge in [0.2, 0.25) is 5.91 Å². The average Bonchev–Trinajstić information content (AvgIpc) is 2.30. The van der Waals surface area contributed by atoms with Crippen LogP contribution in [0.2, 0.25) is 0 Å². The molecule has 1 aliphatic rings. The van der Waals surface area contributed by atoms with Gasteiger partial charge in [-0.1, -0.05) is 19.3 Å². The SMILES string of the molecule is CCNC(=O)C(C)NC1(C(=O)O)CCCCC1. The fourth-order valence-electron chi connectivity index (χ4n) is 2.38. The zero-order valence-electron chi connectivity index (χ0n) is 10.6. The molecule has 1 unspecified atom stereocenters. The second-order valence-electron chi connectivity index (χ2n) is 4.71. The van der Waals surface area contributed by atoms with Crippen molar-refractivity contribution in [3.05, 3.63) is 0 Å². The predicted molar refractivity (Wildman–Crippen MR) is 64.7 cm³/mol. The molecule has 0 aromatic carbocycles. The molecule has 0 aliphatic heterocycles. The summed E-state index contributed by atoms with van der Waals surface area (Å²) in [6.07, 6.45) is 4.09. The predicted octanol–water partition coefficient (Wildman–Crippen LogP) is 0.888. The van der Waals surface area contributed by atoms with Crippen molar-refractivity contribution in [3.8, 4) is 0 Å². The summed E-state index contributed by atoms with van der Waals surface area (Å²) in [4.78, 5) is 23.0. The van der Waals surface area contributed by atoms with E-state index in [9.17, 15) is 14.7 Å². The Morgan fingerprint density at radius 3 is 2.35 bits per heavy atom. The number of nitrogens with one attached hydrogen (secondary N) is 2. The first kappa shape index (κ1) is 14.0. The van der Waals surface area contributed by atoms with Gasteiger partial charge in [-0.25, -0.2) is 0 Å². The summed E-state index contributed by atoms with van der Waals surface area (Å²) in [6.45, 7) is 4.12. The van der Waals surface area contributed by atoms with Crippen LogP contribution in [0.5, 0.6) is 0 Å². The molecule has 5 heteroatoms. The van der Waals surface area contributed by atoms with Crippen LogP contribution in [-0.2, 0) is 9.59 Å². The minimum Gasteiger partial charge on any atom is -0.480 e. The van der Waals surface area contributed by atoms with Crippen LogP contribution >= 0.6 is 0 Å². The Bertz CT molecular complexity index is 285. The zero-order valence-corrected chi connectivity index (χ0v) is 10.6. The molecule has 1 fully saturated rings. The highest BCUT2D eigenvalue weighted by atomic mass is 16.4. The number of carbonyl (C=O) groups is 2. The topological polar surface area (TPSA) is 78.4 Å². The first-order valence-electron chi connectivity index (χ1n) is 6.30. The number of carboxylic acid groups (broad SMARTS) is 1. The number of hydrogen-bond donors (Lipinski definition) is 3. The summed E-state index contributed by atoms with van der Waals surface area (Å²) in [5, 5.41) is 15.1. The van der Waals surface area contributed by atoms with E-state index in [-0.39, 0.29) is 5.91 Å². The highest BCUT2D eigenvalue weighted by Crippen LogP contribution is 2.28. The fraction of sp³-hybridized carbons (Fsp3) is 0.833. The Kier molecular flexibility index (Phi) is 4.93. The Balaban J connectivity index is 2.66. The van der Waals surface area contributed by atoms with Crippen LogP contribution in [-0.4, -0.2) is 35.1 Å². The molecule has 0 heterocycles. The van der Waals surface area contributed by atoms with E-state index in [0.29, 0.717) is 19.4 Å². The summed E-state index contributed by atoms with van der Waals surface area (Å²) < 4.78 is 0. The molecule has 0 aromatic heterocycles. The van der Waals surface area contributed by atoms with E-state index in [4.69, 9.17) is 0 Å². The molecular formula is C12H22N2O3. The Morgan fingerprint density at radius 1 is 1.29 bits per heavy atom. The van der Waals surface area contributed by atoms with Gasteiger partial charge < -0.3 is 10.4 Å². The van der Waals surface area contributed by atoms with E-state index in [0.717, 1.165) is 19.3 Å². The molecule has 1 aliphatic carbocycles. The monoisotopic (exact) mass is 242 g/mol. The summed E-state index contributed by atoms with van der Waals surface area (Å²) in [5.74, 6) is -0.980. The number of carboxylic acids is 1. The quantitative estimate of drug-likeness (QED) is 0.669. The lowest BCUT2D eigenvalue weighted by molar-refractivity contribution is -0.147. The maximum absolute atomic E-state index is 11.6. The summed E-state index contributed by atoms with van der Waals surface area (Å²) in [5.41, 5.74) is -0.914. The molecule has 3 N–H and O–H groups in total. The number of likely N-dealkylation sites (N-methyl/N-ethyl adjacent to an activating group) is 1.